The predicted octanol–water partition coefficient (Wildman–Crippen LogP) is 6.80. The number of hydrogen-bond donors (Lipinski definition) is 3. The monoisotopic (exact) mass is 1040 g/mol. The zero-order valence-electron chi connectivity index (χ0n) is 45.7. The third-order valence-electron chi connectivity index (χ3n) is 16.8. The fourth-order valence-electron chi connectivity index (χ4n) is 12.3. The normalized spacial score (nSPS) is 41.6. The molecular weight excluding hydrogens is 949 g/mol. The number of aliphatic hydroxyl groups excluding tert-OH is 2. The van der Waals surface area contributed by atoms with Crippen molar-refractivity contribution in [2.45, 2.75) is 210 Å². The van der Waals surface area contributed by atoms with Crippen molar-refractivity contribution < 1.29 is 72.0 Å². The molecule has 3 N–H and O–H groups in total. The van der Waals surface area contributed by atoms with Crippen molar-refractivity contribution in [1.29, 1.82) is 0 Å². The number of fused-ring (bicyclic) bond motifs is 1. The molecule has 1 aromatic carbocycles. The Hall–Kier alpha value is -2.78. The highest BCUT2D eigenvalue weighted by Crippen LogP contribution is 2.50. The topological polar surface area (TPSA) is 199 Å². The summed E-state index contributed by atoms with van der Waals surface area (Å²) in [6, 6.07) is 5.46. The fourth-order valence-corrected chi connectivity index (χ4v) is 13.7. The average molecular weight is 1040 g/mol. The summed E-state index contributed by atoms with van der Waals surface area (Å²) in [5.41, 5.74) is -2.86. The SMILES string of the molecule is CC[C@H]1OC(=O)[C@H](C)[C@@H](O[C@H]2C[C@@](C)(OC)[C@@H](O)[C@@H](C)O2)[C@H](C)[C@@H](O[C@@H]2O[C@H](C)C[C@H](N(C)C)[C@H]2O)[C@](C)(OC)C[C@@H](C)C(=O)C(C)C2C(SCCNc3ccc(OC)c(OC4CCCC4)c3)C(=O)O[C@@]21C. The average Bonchev–Trinajstić information content (AvgIpc) is 3.95. The molecule has 17 nitrogen and oxygen atoms in total. The van der Waals surface area contributed by atoms with Crippen molar-refractivity contribution in [2.24, 2.45) is 29.6 Å². The van der Waals surface area contributed by atoms with Gasteiger partial charge < -0.3 is 67.8 Å². The fraction of sp³-hybridized carbons (Fsp3) is 0.833. The Morgan fingerprint density at radius 3 is 2.17 bits per heavy atom. The number of hydrogen-bond acceptors (Lipinski definition) is 18. The highest BCUT2D eigenvalue weighted by molar-refractivity contribution is 8.00. The maximum atomic E-state index is 15.2. The lowest BCUT2D eigenvalue weighted by atomic mass is 9.70. The number of nitrogens with zero attached hydrogens (tertiary/aromatic N) is 1. The Morgan fingerprint density at radius 1 is 0.861 bits per heavy atom. The van der Waals surface area contributed by atoms with Gasteiger partial charge in [-0.2, -0.15) is 0 Å². The lowest BCUT2D eigenvalue weighted by Crippen LogP contribution is -2.61. The van der Waals surface area contributed by atoms with Crippen LogP contribution in [0.4, 0.5) is 5.69 Å². The molecule has 1 aliphatic carbocycles. The molecule has 0 radical (unpaired) electrons. The molecule has 19 atom stereocenters. The molecule has 4 saturated heterocycles. The van der Waals surface area contributed by atoms with E-state index in [0.717, 1.165) is 31.4 Å². The van der Waals surface area contributed by atoms with Crippen LogP contribution in [0.1, 0.15) is 121 Å². The van der Waals surface area contributed by atoms with E-state index in [2.05, 4.69) is 5.32 Å². The number of methoxy groups -OCH3 is 3. The van der Waals surface area contributed by atoms with Crippen LogP contribution >= 0.6 is 11.8 Å². The van der Waals surface area contributed by atoms with Crippen LogP contribution in [-0.2, 0) is 52.3 Å². The van der Waals surface area contributed by atoms with Crippen molar-refractivity contribution in [3.05, 3.63) is 18.2 Å². The minimum Gasteiger partial charge on any atom is -0.493 e. The molecule has 1 aromatic rings. The van der Waals surface area contributed by atoms with Crippen LogP contribution in [0.2, 0.25) is 0 Å². The Labute approximate surface area is 433 Å². The number of ketones is 1. The van der Waals surface area contributed by atoms with Crippen LogP contribution in [0.15, 0.2) is 18.2 Å². The summed E-state index contributed by atoms with van der Waals surface area (Å²) in [6.45, 7) is 18.8. The molecule has 5 aliphatic rings. The summed E-state index contributed by atoms with van der Waals surface area (Å²) in [4.78, 5) is 46.5. The minimum absolute atomic E-state index is 0.118. The number of anilines is 1. The molecule has 410 valence electrons. The maximum Gasteiger partial charge on any atom is 0.320 e. The number of aliphatic hydroxyl groups is 2. The third kappa shape index (κ3) is 12.6. The zero-order valence-corrected chi connectivity index (χ0v) is 46.5. The molecule has 0 amide bonds. The van der Waals surface area contributed by atoms with Gasteiger partial charge in [0.1, 0.15) is 29.3 Å². The summed E-state index contributed by atoms with van der Waals surface area (Å²) >= 11 is 1.41. The number of cyclic esters (lactones) is 1. The quantitative estimate of drug-likeness (QED) is 0.115. The van der Waals surface area contributed by atoms with Crippen LogP contribution in [0.25, 0.3) is 0 Å². The van der Waals surface area contributed by atoms with E-state index in [-0.39, 0.29) is 43.3 Å². The van der Waals surface area contributed by atoms with Crippen molar-refractivity contribution in [1.82, 2.24) is 4.90 Å². The molecule has 4 aliphatic heterocycles. The van der Waals surface area contributed by atoms with Gasteiger partial charge in [0.05, 0.1) is 54.7 Å². The molecule has 72 heavy (non-hydrogen) atoms. The number of nitrogens with one attached hydrogen (secondary N) is 1. The Bertz CT molecular complexity index is 1980. The molecule has 1 saturated carbocycles. The van der Waals surface area contributed by atoms with E-state index in [9.17, 15) is 15.0 Å². The van der Waals surface area contributed by atoms with Crippen LogP contribution in [0, 0.1) is 29.6 Å². The predicted molar refractivity (Wildman–Crippen MR) is 273 cm³/mol. The highest BCUT2D eigenvalue weighted by atomic mass is 32.2. The number of likely N-dealkylation sites (N-methyl/N-ethyl adjacent to an activating group) is 1. The number of Topliss-reactive ketones (excluding diaryl/α,β-unsaturated/α-hetero) is 1. The maximum absolute atomic E-state index is 15.2. The van der Waals surface area contributed by atoms with Gasteiger partial charge in [0, 0.05) is 74.4 Å². The van der Waals surface area contributed by atoms with Gasteiger partial charge >= 0.3 is 11.9 Å². The van der Waals surface area contributed by atoms with Gasteiger partial charge in [-0.3, -0.25) is 14.4 Å². The first-order chi connectivity index (χ1) is 33.9. The van der Waals surface area contributed by atoms with Gasteiger partial charge in [0.25, 0.3) is 0 Å². The molecule has 0 spiro atoms. The van der Waals surface area contributed by atoms with Crippen LogP contribution in [0.5, 0.6) is 11.5 Å². The molecule has 0 aromatic heterocycles. The van der Waals surface area contributed by atoms with Gasteiger partial charge in [0.15, 0.2) is 29.7 Å². The second-order valence-electron chi connectivity index (χ2n) is 22.2. The molecule has 5 fully saturated rings. The summed E-state index contributed by atoms with van der Waals surface area (Å²) < 4.78 is 63.9. The second-order valence-corrected chi connectivity index (χ2v) is 23.4. The van der Waals surface area contributed by atoms with Crippen molar-refractivity contribution in [3.8, 4) is 11.5 Å². The van der Waals surface area contributed by atoms with Crippen LogP contribution in [-0.4, -0.2) is 170 Å². The molecule has 3 unspecified atom stereocenters. The Balaban J connectivity index is 1.35. The molecule has 6 rings (SSSR count). The number of carbonyl (C=O) groups is 3. The summed E-state index contributed by atoms with van der Waals surface area (Å²) in [5.74, 6) is -3.19. The smallest absolute Gasteiger partial charge is 0.320 e. The van der Waals surface area contributed by atoms with E-state index in [0.29, 0.717) is 30.2 Å². The van der Waals surface area contributed by atoms with Gasteiger partial charge in [-0.25, -0.2) is 0 Å². The van der Waals surface area contributed by atoms with Crippen molar-refractivity contribution >= 4 is 35.2 Å². The van der Waals surface area contributed by atoms with Gasteiger partial charge in [-0.05, 0) is 113 Å². The van der Waals surface area contributed by atoms with Crippen molar-refractivity contribution in [2.75, 3.05) is 53.0 Å². The van der Waals surface area contributed by atoms with E-state index in [1.165, 1.54) is 18.9 Å². The molecule has 18 heteroatoms. The number of benzene rings is 1. The Morgan fingerprint density at radius 2 is 1.54 bits per heavy atom. The number of esters is 2. The number of thioether (sulfide) groups is 1. The number of ether oxygens (including phenoxy) is 10. The first-order valence-corrected chi connectivity index (χ1v) is 27.4. The minimum atomic E-state index is -1.39. The first-order valence-electron chi connectivity index (χ1n) is 26.4. The van der Waals surface area contributed by atoms with Crippen molar-refractivity contribution in [3.63, 3.8) is 0 Å². The Kier molecular flexibility index (Phi) is 19.9. The third-order valence-corrected chi connectivity index (χ3v) is 18.0. The van der Waals surface area contributed by atoms with Crippen LogP contribution < -0.4 is 14.8 Å². The largest absolute Gasteiger partial charge is 0.493 e. The number of carbonyl (C=O) groups excluding carboxylic acids is 3. The van der Waals surface area contributed by atoms with Crippen LogP contribution in [0.3, 0.4) is 0 Å². The lowest BCUT2D eigenvalue weighted by Gasteiger charge is -2.50. The summed E-state index contributed by atoms with van der Waals surface area (Å²) in [6.07, 6.45) is -2.44. The standard InChI is InChI=1S/C54H88N2O15S/c1-16-40-54(10)42(46(50(61)71-54)72-24-23-55-35-21-22-38(62-13)39(26-35)67-36-19-17-18-20-36)31(4)43(57)29(2)27-53(9,64-15)48(70-51-44(58)37(56(11)12)25-30(3)65-51)32(5)45(33(6)49(60)68-40)69-41-28-52(8,63-14)47(59)34(7)66-41/h21-22,26,29-34,36-37,40-42,44-48,51,55,58-59H,16-20,23-25,27-28H2,1-15H3/t29-,30-,31?,32+,33-,34-,37+,40-,41+,42?,44-,45+,46?,47+,48-,51+,52-,53-,54-/m1/s1. The highest BCUT2D eigenvalue weighted by Gasteiger charge is 2.62. The van der Waals surface area contributed by atoms with E-state index >= 15 is 9.59 Å². The molecule has 4 heterocycles. The summed E-state index contributed by atoms with van der Waals surface area (Å²) in [5, 5.41) is 25.7. The van der Waals surface area contributed by atoms with Gasteiger partial charge in [-0.15, -0.1) is 11.8 Å². The van der Waals surface area contributed by atoms with E-state index in [1.807, 2.05) is 78.7 Å². The zero-order chi connectivity index (χ0) is 53.0. The molecule has 0 bridgehead atoms. The lowest BCUT2D eigenvalue weighted by molar-refractivity contribution is -0.319. The van der Waals surface area contributed by atoms with E-state index in [1.54, 1.807) is 41.9 Å². The molecular formula is C54H88N2O15S. The number of rotatable bonds is 16. The van der Waals surface area contributed by atoms with Gasteiger partial charge in [0.2, 0.25) is 0 Å². The van der Waals surface area contributed by atoms with E-state index < -0.39 is 113 Å². The summed E-state index contributed by atoms with van der Waals surface area (Å²) in [7, 11) is 8.51. The first kappa shape index (κ1) is 58.5. The van der Waals surface area contributed by atoms with Gasteiger partial charge in [-0.1, -0.05) is 27.7 Å². The van der Waals surface area contributed by atoms with E-state index in [4.69, 9.17) is 47.4 Å². The second kappa shape index (κ2) is 24.5.